The summed E-state index contributed by atoms with van der Waals surface area (Å²) >= 11 is 0. The number of rotatable bonds is 3. The quantitative estimate of drug-likeness (QED) is 0.767. The molecule has 0 radical (unpaired) electrons. The van der Waals surface area contributed by atoms with Crippen molar-refractivity contribution < 1.29 is 4.79 Å². The number of ketones is 1. The molecule has 0 atom stereocenters. The van der Waals surface area contributed by atoms with E-state index in [-0.39, 0.29) is 17.9 Å². The Morgan fingerprint density at radius 2 is 1.43 bits per heavy atom. The second kappa shape index (κ2) is 7.42. The smallest absolute Gasteiger partial charge is 0.183 e. The molecular formula is C18H26ClNO. The van der Waals surface area contributed by atoms with Gasteiger partial charge in [-0.15, -0.1) is 12.4 Å². The Balaban J connectivity index is 0.00000161. The van der Waals surface area contributed by atoms with Gasteiger partial charge in [0.2, 0.25) is 0 Å². The number of halogens is 1. The Hall–Kier alpha value is -0.860. The number of carbonyl (C=O) groups excluding carboxylic acids is 1. The van der Waals surface area contributed by atoms with Crippen molar-refractivity contribution in [2.75, 3.05) is 13.1 Å². The number of hydrogen-bond acceptors (Lipinski definition) is 2. The molecule has 1 aromatic rings. The largest absolute Gasteiger partial charge is 0.292 e. The zero-order chi connectivity index (χ0) is 13.8. The van der Waals surface area contributed by atoms with Gasteiger partial charge < -0.3 is 0 Å². The van der Waals surface area contributed by atoms with Crippen molar-refractivity contribution >= 4 is 18.2 Å². The summed E-state index contributed by atoms with van der Waals surface area (Å²) in [6.45, 7) is 2.22. The Labute approximate surface area is 134 Å². The summed E-state index contributed by atoms with van der Waals surface area (Å²) in [7, 11) is 0. The molecule has 1 saturated heterocycles. The predicted molar refractivity (Wildman–Crippen MR) is 89.3 cm³/mol. The molecule has 1 aliphatic carbocycles. The van der Waals surface area contributed by atoms with Gasteiger partial charge >= 0.3 is 0 Å². The van der Waals surface area contributed by atoms with Crippen LogP contribution in [0.15, 0.2) is 30.3 Å². The number of Topliss-reactive ketones (excluding diaryl/α,β-unsaturated/α-hetero) is 1. The van der Waals surface area contributed by atoms with Gasteiger partial charge in [0.25, 0.3) is 0 Å². The van der Waals surface area contributed by atoms with Crippen molar-refractivity contribution in [2.45, 2.75) is 56.9 Å². The molecule has 2 nitrogen and oxygen atoms in total. The molecule has 3 rings (SSSR count). The van der Waals surface area contributed by atoms with E-state index in [2.05, 4.69) is 4.90 Å². The summed E-state index contributed by atoms with van der Waals surface area (Å²) in [5, 5.41) is 0. The minimum Gasteiger partial charge on any atom is -0.292 e. The molecule has 0 N–H and O–H groups in total. The molecule has 116 valence electrons. The number of nitrogens with zero attached hydrogens (tertiary/aromatic N) is 1. The zero-order valence-corrected chi connectivity index (χ0v) is 13.5. The minimum atomic E-state index is -0.194. The lowest BCUT2D eigenvalue weighted by molar-refractivity contribution is 0.0292. The molecule has 21 heavy (non-hydrogen) atoms. The maximum atomic E-state index is 13.2. The Morgan fingerprint density at radius 3 is 2.05 bits per heavy atom. The van der Waals surface area contributed by atoms with Gasteiger partial charge in [-0.2, -0.15) is 0 Å². The number of carbonyl (C=O) groups is 1. The van der Waals surface area contributed by atoms with E-state index in [0.29, 0.717) is 5.78 Å². The van der Waals surface area contributed by atoms with E-state index in [9.17, 15) is 4.79 Å². The average Bonchev–Trinajstić information content (AvgIpc) is 2.56. The van der Waals surface area contributed by atoms with E-state index < -0.39 is 0 Å². The van der Waals surface area contributed by atoms with Gasteiger partial charge in [-0.3, -0.25) is 9.69 Å². The first-order chi connectivity index (χ1) is 9.83. The molecule has 1 heterocycles. The maximum absolute atomic E-state index is 13.2. The van der Waals surface area contributed by atoms with E-state index in [1.165, 1.54) is 38.5 Å². The van der Waals surface area contributed by atoms with Crippen LogP contribution in [0, 0.1) is 0 Å². The lowest BCUT2D eigenvalue weighted by Gasteiger charge is -2.47. The SMILES string of the molecule is Cl.O=C(c1ccccc1)C1(N2CCCCC2)CCCCC1. The van der Waals surface area contributed by atoms with Crippen LogP contribution in [0.5, 0.6) is 0 Å². The van der Waals surface area contributed by atoms with Crippen LogP contribution in [0.3, 0.4) is 0 Å². The molecule has 0 unspecified atom stereocenters. The van der Waals surface area contributed by atoms with Crippen LogP contribution in [-0.4, -0.2) is 29.3 Å². The van der Waals surface area contributed by atoms with Crippen LogP contribution in [0.4, 0.5) is 0 Å². The number of piperidine rings is 1. The summed E-state index contributed by atoms with van der Waals surface area (Å²) in [6, 6.07) is 9.94. The van der Waals surface area contributed by atoms with Gasteiger partial charge in [-0.25, -0.2) is 0 Å². The van der Waals surface area contributed by atoms with Crippen molar-refractivity contribution in [2.24, 2.45) is 0 Å². The van der Waals surface area contributed by atoms with Gasteiger partial charge in [-0.05, 0) is 38.8 Å². The molecule has 1 saturated carbocycles. The highest BCUT2D eigenvalue weighted by Crippen LogP contribution is 2.38. The van der Waals surface area contributed by atoms with Gasteiger partial charge in [0.1, 0.15) is 0 Å². The van der Waals surface area contributed by atoms with Crippen molar-refractivity contribution in [3.05, 3.63) is 35.9 Å². The van der Waals surface area contributed by atoms with E-state index in [1.807, 2.05) is 30.3 Å². The zero-order valence-electron chi connectivity index (χ0n) is 12.7. The summed E-state index contributed by atoms with van der Waals surface area (Å²) in [6.07, 6.45) is 9.64. The fourth-order valence-corrected chi connectivity index (χ4v) is 4.00. The Kier molecular flexibility index (Phi) is 5.83. The average molecular weight is 308 g/mol. The van der Waals surface area contributed by atoms with Gasteiger partial charge in [-0.1, -0.05) is 56.0 Å². The summed E-state index contributed by atoms with van der Waals surface area (Å²) in [5.74, 6) is 0.375. The molecule has 0 bridgehead atoms. The lowest BCUT2D eigenvalue weighted by Crippen LogP contribution is -2.57. The fraction of sp³-hybridized carbons (Fsp3) is 0.611. The van der Waals surface area contributed by atoms with Crippen LogP contribution >= 0.6 is 12.4 Å². The predicted octanol–water partition coefficient (Wildman–Crippen LogP) is 4.48. The molecule has 2 fully saturated rings. The fourth-order valence-electron chi connectivity index (χ4n) is 4.00. The van der Waals surface area contributed by atoms with Gasteiger partial charge in [0, 0.05) is 5.56 Å². The molecular weight excluding hydrogens is 282 g/mol. The van der Waals surface area contributed by atoms with Crippen LogP contribution < -0.4 is 0 Å². The Bertz CT molecular complexity index is 448. The molecule has 1 aliphatic heterocycles. The standard InChI is InChI=1S/C18H25NO.ClH/c20-17(16-10-4-1-5-11-16)18(12-6-2-7-13-18)19-14-8-3-9-15-19;/h1,4-5,10-11H,2-3,6-9,12-15H2;1H. The third-order valence-corrected chi connectivity index (χ3v) is 5.10. The molecule has 1 aromatic carbocycles. The lowest BCUT2D eigenvalue weighted by atomic mass is 9.74. The normalized spacial score (nSPS) is 22.3. The third-order valence-electron chi connectivity index (χ3n) is 5.10. The first kappa shape index (κ1) is 16.5. The van der Waals surface area contributed by atoms with Gasteiger partial charge in [0.15, 0.2) is 5.78 Å². The van der Waals surface area contributed by atoms with Crippen molar-refractivity contribution in [1.29, 1.82) is 0 Å². The second-order valence-electron chi connectivity index (χ2n) is 6.34. The highest BCUT2D eigenvalue weighted by Gasteiger charge is 2.44. The molecule has 2 aliphatic rings. The summed E-state index contributed by atoms with van der Waals surface area (Å²) in [5.41, 5.74) is 0.708. The van der Waals surface area contributed by atoms with E-state index in [0.717, 1.165) is 31.5 Å². The van der Waals surface area contributed by atoms with Crippen LogP contribution in [0.25, 0.3) is 0 Å². The summed E-state index contributed by atoms with van der Waals surface area (Å²) in [4.78, 5) is 15.7. The van der Waals surface area contributed by atoms with Crippen molar-refractivity contribution in [3.8, 4) is 0 Å². The van der Waals surface area contributed by atoms with Crippen LogP contribution in [-0.2, 0) is 0 Å². The van der Waals surface area contributed by atoms with Crippen molar-refractivity contribution in [1.82, 2.24) is 4.90 Å². The highest BCUT2D eigenvalue weighted by atomic mass is 35.5. The number of likely N-dealkylation sites (tertiary alicyclic amines) is 1. The summed E-state index contributed by atoms with van der Waals surface area (Å²) < 4.78 is 0. The van der Waals surface area contributed by atoms with E-state index in [1.54, 1.807) is 0 Å². The van der Waals surface area contributed by atoms with Crippen molar-refractivity contribution in [3.63, 3.8) is 0 Å². The molecule has 0 amide bonds. The first-order valence-corrected chi connectivity index (χ1v) is 8.18. The molecule has 3 heteroatoms. The number of benzene rings is 1. The van der Waals surface area contributed by atoms with E-state index >= 15 is 0 Å². The number of hydrogen-bond donors (Lipinski definition) is 0. The second-order valence-corrected chi connectivity index (χ2v) is 6.34. The third kappa shape index (κ3) is 3.32. The monoisotopic (exact) mass is 307 g/mol. The topological polar surface area (TPSA) is 20.3 Å². The Morgan fingerprint density at radius 1 is 0.857 bits per heavy atom. The maximum Gasteiger partial charge on any atom is 0.183 e. The van der Waals surface area contributed by atoms with E-state index in [4.69, 9.17) is 0 Å². The highest BCUT2D eigenvalue weighted by molar-refractivity contribution is 6.03. The van der Waals surface area contributed by atoms with Gasteiger partial charge in [0.05, 0.1) is 5.54 Å². The van der Waals surface area contributed by atoms with Crippen LogP contribution in [0.1, 0.15) is 61.7 Å². The molecule has 0 aromatic heterocycles. The minimum absolute atomic E-state index is 0. The first-order valence-electron chi connectivity index (χ1n) is 8.18. The van der Waals surface area contributed by atoms with Crippen LogP contribution in [0.2, 0.25) is 0 Å². The molecule has 0 spiro atoms.